The molecule has 1 amide bonds. The van der Waals surface area contributed by atoms with E-state index in [-0.39, 0.29) is 11.9 Å². The Labute approximate surface area is 179 Å². The molecule has 1 aliphatic rings. The van der Waals surface area contributed by atoms with Gasteiger partial charge in [-0.1, -0.05) is 28.1 Å². The predicted octanol–water partition coefficient (Wildman–Crippen LogP) is 5.08. The first-order valence-corrected chi connectivity index (χ1v) is 10.7. The number of nitrogens with one attached hydrogen (secondary N) is 1. The van der Waals surface area contributed by atoms with Gasteiger partial charge in [0.2, 0.25) is 0 Å². The SMILES string of the molecule is COc1ccc([C@@H](CNC(=O)c2oc3cc(Br)ccc3c2C)N2CCCC2)cc1. The lowest BCUT2D eigenvalue weighted by Gasteiger charge is -2.28. The summed E-state index contributed by atoms with van der Waals surface area (Å²) < 4.78 is 12.1. The van der Waals surface area contributed by atoms with Gasteiger partial charge in [-0.2, -0.15) is 0 Å². The number of carbonyl (C=O) groups is 1. The molecule has 152 valence electrons. The normalized spacial score (nSPS) is 15.6. The predicted molar refractivity (Wildman–Crippen MR) is 118 cm³/mol. The number of likely N-dealkylation sites (tertiary alicyclic amines) is 1. The molecule has 0 radical (unpaired) electrons. The number of amides is 1. The van der Waals surface area contributed by atoms with Crippen molar-refractivity contribution in [2.45, 2.75) is 25.8 Å². The molecule has 0 bridgehead atoms. The molecule has 1 aromatic heterocycles. The summed E-state index contributed by atoms with van der Waals surface area (Å²) in [5.74, 6) is 1.04. The number of rotatable bonds is 6. The van der Waals surface area contributed by atoms with E-state index in [4.69, 9.17) is 9.15 Å². The first kappa shape index (κ1) is 20.0. The zero-order valence-electron chi connectivity index (χ0n) is 16.7. The van der Waals surface area contributed by atoms with Crippen LogP contribution in [0.15, 0.2) is 51.4 Å². The quantitative estimate of drug-likeness (QED) is 0.561. The second-order valence-electron chi connectivity index (χ2n) is 7.44. The molecular weight excluding hydrogens is 432 g/mol. The van der Waals surface area contributed by atoms with E-state index in [2.05, 4.69) is 38.3 Å². The van der Waals surface area contributed by atoms with Gasteiger partial charge in [-0.25, -0.2) is 0 Å². The molecule has 3 aromatic rings. The van der Waals surface area contributed by atoms with E-state index < -0.39 is 0 Å². The summed E-state index contributed by atoms with van der Waals surface area (Å²) in [7, 11) is 1.67. The van der Waals surface area contributed by atoms with Gasteiger partial charge >= 0.3 is 0 Å². The van der Waals surface area contributed by atoms with Gasteiger partial charge in [-0.3, -0.25) is 9.69 Å². The maximum absolute atomic E-state index is 12.9. The molecule has 6 heteroatoms. The van der Waals surface area contributed by atoms with Crippen molar-refractivity contribution in [3.05, 3.63) is 63.8 Å². The highest BCUT2D eigenvalue weighted by Gasteiger charge is 2.25. The minimum absolute atomic E-state index is 0.131. The highest BCUT2D eigenvalue weighted by molar-refractivity contribution is 9.10. The smallest absolute Gasteiger partial charge is 0.287 e. The second kappa shape index (κ2) is 8.59. The average molecular weight is 457 g/mol. The van der Waals surface area contributed by atoms with Crippen molar-refractivity contribution in [1.29, 1.82) is 0 Å². The van der Waals surface area contributed by atoms with E-state index in [1.807, 2.05) is 37.3 Å². The zero-order chi connectivity index (χ0) is 20.4. The van der Waals surface area contributed by atoms with Crippen molar-refractivity contribution >= 4 is 32.8 Å². The Morgan fingerprint density at radius 1 is 1.21 bits per heavy atom. The summed E-state index contributed by atoms with van der Waals surface area (Å²) in [4.78, 5) is 15.4. The van der Waals surface area contributed by atoms with Gasteiger partial charge in [0.15, 0.2) is 5.76 Å². The summed E-state index contributed by atoms with van der Waals surface area (Å²) in [6.45, 7) is 4.55. The first-order valence-electron chi connectivity index (χ1n) is 9.91. The Hall–Kier alpha value is -2.31. The van der Waals surface area contributed by atoms with Crippen LogP contribution < -0.4 is 10.1 Å². The molecular formula is C23H25BrN2O3. The van der Waals surface area contributed by atoms with Crippen molar-refractivity contribution in [3.63, 3.8) is 0 Å². The number of fused-ring (bicyclic) bond motifs is 1. The minimum Gasteiger partial charge on any atom is -0.497 e. The second-order valence-corrected chi connectivity index (χ2v) is 8.35. The Morgan fingerprint density at radius 2 is 1.93 bits per heavy atom. The molecule has 1 saturated heterocycles. The van der Waals surface area contributed by atoms with Crippen molar-refractivity contribution in [2.24, 2.45) is 0 Å². The lowest BCUT2D eigenvalue weighted by atomic mass is 10.0. The van der Waals surface area contributed by atoms with Gasteiger partial charge in [0.1, 0.15) is 11.3 Å². The maximum atomic E-state index is 12.9. The summed E-state index contributed by atoms with van der Waals surface area (Å²) >= 11 is 3.45. The van der Waals surface area contributed by atoms with Crippen LogP contribution in [0.5, 0.6) is 5.75 Å². The molecule has 1 N–H and O–H groups in total. The fourth-order valence-electron chi connectivity index (χ4n) is 4.02. The van der Waals surface area contributed by atoms with E-state index in [0.717, 1.165) is 34.3 Å². The third-order valence-electron chi connectivity index (χ3n) is 5.64. The number of benzene rings is 2. The van der Waals surface area contributed by atoms with Crippen LogP contribution in [0.2, 0.25) is 0 Å². The molecule has 1 aliphatic heterocycles. The summed E-state index contributed by atoms with van der Waals surface area (Å²) in [6, 6.07) is 14.1. The van der Waals surface area contributed by atoms with Gasteiger partial charge in [-0.15, -0.1) is 0 Å². The third-order valence-corrected chi connectivity index (χ3v) is 6.14. The Bertz CT molecular complexity index is 1010. The fourth-order valence-corrected chi connectivity index (χ4v) is 4.36. The molecule has 0 unspecified atom stereocenters. The van der Waals surface area contributed by atoms with Gasteiger partial charge in [0.05, 0.1) is 13.2 Å². The van der Waals surface area contributed by atoms with Crippen molar-refractivity contribution < 1.29 is 13.9 Å². The lowest BCUT2D eigenvalue weighted by molar-refractivity contribution is 0.0911. The maximum Gasteiger partial charge on any atom is 0.287 e. The topological polar surface area (TPSA) is 54.7 Å². The molecule has 0 aliphatic carbocycles. The van der Waals surface area contributed by atoms with Crippen LogP contribution in [0.25, 0.3) is 11.0 Å². The Kier molecular flexibility index (Phi) is 5.92. The summed E-state index contributed by atoms with van der Waals surface area (Å²) in [5.41, 5.74) is 2.76. The van der Waals surface area contributed by atoms with Crippen LogP contribution in [0.1, 0.15) is 40.6 Å². The number of halogens is 1. The van der Waals surface area contributed by atoms with Crippen LogP contribution >= 0.6 is 15.9 Å². The summed E-state index contributed by atoms with van der Waals surface area (Å²) in [6.07, 6.45) is 2.39. The number of nitrogens with zero attached hydrogens (tertiary/aromatic N) is 1. The van der Waals surface area contributed by atoms with Crippen LogP contribution in [-0.4, -0.2) is 37.6 Å². The number of hydrogen-bond donors (Lipinski definition) is 1. The molecule has 1 atom stereocenters. The molecule has 4 rings (SSSR count). The van der Waals surface area contributed by atoms with Gasteiger partial charge in [0, 0.05) is 22.0 Å². The van der Waals surface area contributed by atoms with Crippen molar-refractivity contribution in [2.75, 3.05) is 26.7 Å². The van der Waals surface area contributed by atoms with Crippen LogP contribution in [0.4, 0.5) is 0 Å². The number of aryl methyl sites for hydroxylation is 1. The van der Waals surface area contributed by atoms with E-state index >= 15 is 0 Å². The summed E-state index contributed by atoms with van der Waals surface area (Å²) in [5, 5.41) is 4.06. The molecule has 5 nitrogen and oxygen atoms in total. The third kappa shape index (κ3) is 4.19. The van der Waals surface area contributed by atoms with E-state index in [9.17, 15) is 4.79 Å². The molecule has 2 aromatic carbocycles. The van der Waals surface area contributed by atoms with E-state index in [1.54, 1.807) is 7.11 Å². The van der Waals surface area contributed by atoms with E-state index in [1.165, 1.54) is 18.4 Å². The molecule has 2 heterocycles. The molecule has 29 heavy (non-hydrogen) atoms. The van der Waals surface area contributed by atoms with Gasteiger partial charge < -0.3 is 14.5 Å². The van der Waals surface area contributed by atoms with Crippen LogP contribution in [0, 0.1) is 6.92 Å². The fraction of sp³-hybridized carbons (Fsp3) is 0.348. The van der Waals surface area contributed by atoms with E-state index in [0.29, 0.717) is 17.9 Å². The number of methoxy groups -OCH3 is 1. The number of ether oxygens (including phenoxy) is 1. The minimum atomic E-state index is -0.174. The monoisotopic (exact) mass is 456 g/mol. The van der Waals surface area contributed by atoms with Crippen molar-refractivity contribution in [1.82, 2.24) is 10.2 Å². The number of hydrogen-bond acceptors (Lipinski definition) is 4. The largest absolute Gasteiger partial charge is 0.497 e. The number of furan rings is 1. The average Bonchev–Trinajstić information content (AvgIpc) is 3.37. The first-order chi connectivity index (χ1) is 14.1. The highest BCUT2D eigenvalue weighted by atomic mass is 79.9. The van der Waals surface area contributed by atoms with Gasteiger partial charge in [0.25, 0.3) is 5.91 Å². The lowest BCUT2D eigenvalue weighted by Crippen LogP contribution is -2.36. The Morgan fingerprint density at radius 3 is 2.62 bits per heavy atom. The van der Waals surface area contributed by atoms with Gasteiger partial charge in [-0.05, 0) is 68.8 Å². The molecule has 0 saturated carbocycles. The van der Waals surface area contributed by atoms with Crippen molar-refractivity contribution in [3.8, 4) is 5.75 Å². The highest BCUT2D eigenvalue weighted by Crippen LogP contribution is 2.29. The van der Waals surface area contributed by atoms with Crippen LogP contribution in [0.3, 0.4) is 0 Å². The van der Waals surface area contributed by atoms with Crippen LogP contribution in [-0.2, 0) is 0 Å². The standard InChI is InChI=1S/C23H25BrN2O3/c1-15-19-10-7-17(24)13-21(19)29-22(15)23(27)25-14-20(26-11-3-4-12-26)16-5-8-18(28-2)9-6-16/h5-10,13,20H,3-4,11-12,14H2,1-2H3,(H,25,27)/t20-/m1/s1. The Balaban J connectivity index is 1.53. The number of carbonyl (C=O) groups excluding carboxylic acids is 1. The molecule has 0 spiro atoms. The zero-order valence-corrected chi connectivity index (χ0v) is 18.3. The molecule has 1 fully saturated rings.